The van der Waals surface area contributed by atoms with Crippen LogP contribution < -0.4 is 43.8 Å². The van der Waals surface area contributed by atoms with Gasteiger partial charge in [0.15, 0.2) is 5.96 Å². The number of hydrogen-bond acceptors (Lipinski definition) is 17. The molecule has 0 bridgehead atoms. The predicted molar refractivity (Wildman–Crippen MR) is 295 cm³/mol. The second kappa shape index (κ2) is 36.9. The van der Waals surface area contributed by atoms with Crippen molar-refractivity contribution in [3.8, 4) is 5.75 Å². The molecule has 0 radical (unpaired) electrons. The number of carbonyl (C=O) groups is 10. The highest BCUT2D eigenvalue weighted by molar-refractivity contribution is 5.96. The zero-order valence-corrected chi connectivity index (χ0v) is 46.9. The normalized spacial score (nSPS) is 15.5. The van der Waals surface area contributed by atoms with E-state index in [1.54, 1.807) is 26.0 Å². The van der Waals surface area contributed by atoms with Crippen LogP contribution in [0.4, 0.5) is 0 Å². The van der Waals surface area contributed by atoms with E-state index >= 15 is 0 Å². The largest absolute Gasteiger partial charge is 0.508 e. The lowest BCUT2D eigenvalue weighted by atomic mass is 9.96. The molecule has 2 rings (SSSR count). The quantitative estimate of drug-likeness (QED) is 0.0182. The van der Waals surface area contributed by atoms with E-state index in [1.165, 1.54) is 26.8 Å². The minimum atomic E-state index is -1.31. The van der Waals surface area contributed by atoms with Gasteiger partial charge in [-0.15, -0.1) is 0 Å². The molecule has 1 saturated heterocycles. The lowest BCUT2D eigenvalue weighted by molar-refractivity contribution is -0.143. The maximum atomic E-state index is 14.7. The Morgan fingerprint density at radius 1 is 0.691 bits per heavy atom. The van der Waals surface area contributed by atoms with Crippen LogP contribution in [0, 0.1) is 11.8 Å². The number of aliphatic carboxylic acids is 5. The van der Waals surface area contributed by atoms with Crippen molar-refractivity contribution in [2.45, 2.75) is 128 Å². The fourth-order valence-electron chi connectivity index (χ4n) is 9.12. The first-order chi connectivity index (χ1) is 38.2. The van der Waals surface area contributed by atoms with Crippen LogP contribution in [-0.4, -0.2) is 237 Å². The van der Waals surface area contributed by atoms with Gasteiger partial charge in [-0.25, -0.2) is 4.79 Å². The number of guanidine groups is 1. The lowest BCUT2D eigenvalue weighted by Gasteiger charge is -2.32. The molecule has 0 spiro atoms. The molecule has 0 saturated carbocycles. The van der Waals surface area contributed by atoms with Crippen molar-refractivity contribution in [3.63, 3.8) is 0 Å². The highest BCUT2D eigenvalue weighted by Crippen LogP contribution is 2.22. The first-order valence-corrected chi connectivity index (χ1v) is 27.3. The van der Waals surface area contributed by atoms with E-state index < -0.39 is 134 Å². The Hall–Kier alpha value is -7.21. The Bertz CT molecular complexity index is 2240. The van der Waals surface area contributed by atoms with Crippen molar-refractivity contribution >= 4 is 65.3 Å². The van der Waals surface area contributed by atoms with Gasteiger partial charge in [0.2, 0.25) is 29.5 Å². The number of rotatable bonds is 42. The third-order valence-electron chi connectivity index (χ3n) is 13.5. The first-order valence-electron chi connectivity index (χ1n) is 27.3. The van der Waals surface area contributed by atoms with Crippen molar-refractivity contribution in [2.75, 3.05) is 85.1 Å². The summed E-state index contributed by atoms with van der Waals surface area (Å²) in [7, 11) is 0. The second-order valence-corrected chi connectivity index (χ2v) is 20.8. The van der Waals surface area contributed by atoms with E-state index in [0.29, 0.717) is 44.2 Å². The number of unbranched alkanes of at least 4 members (excludes halogenated alkanes) is 1. The van der Waals surface area contributed by atoms with Crippen molar-refractivity contribution in [3.05, 3.63) is 29.8 Å². The zero-order chi connectivity index (χ0) is 60.8. The molecule has 0 unspecified atom stereocenters. The number of phenolic OH excluding ortho intramolecular Hbond substituents is 1. The third-order valence-corrected chi connectivity index (χ3v) is 13.5. The molecular formula is C52H87N13O16. The maximum Gasteiger partial charge on any atom is 0.326 e. The third kappa shape index (κ3) is 28.2. The van der Waals surface area contributed by atoms with Crippen LogP contribution >= 0.6 is 0 Å². The number of carboxylic acid groups (broad SMARTS) is 5. The Labute approximate surface area is 471 Å². The lowest BCUT2D eigenvalue weighted by Crippen LogP contribution is -2.60. The summed E-state index contributed by atoms with van der Waals surface area (Å²) < 4.78 is 0. The summed E-state index contributed by atoms with van der Waals surface area (Å²) in [5.41, 5.74) is 17.5. The highest BCUT2D eigenvalue weighted by atomic mass is 16.4. The number of amides is 5. The molecule has 17 N–H and O–H groups in total. The summed E-state index contributed by atoms with van der Waals surface area (Å²) in [6, 6.07) is -0.487. The molecule has 456 valence electrons. The fourth-order valence-corrected chi connectivity index (χ4v) is 9.12. The number of nitrogens with zero attached hydrogens (tertiary/aromatic N) is 5. The van der Waals surface area contributed by atoms with Crippen LogP contribution in [0.25, 0.3) is 0 Å². The number of aromatic hydroxyl groups is 1. The van der Waals surface area contributed by atoms with E-state index in [4.69, 9.17) is 17.2 Å². The van der Waals surface area contributed by atoms with Crippen LogP contribution in [-0.2, 0) is 54.4 Å². The number of carboxylic acids is 5. The first kappa shape index (κ1) is 69.9. The Morgan fingerprint density at radius 2 is 1.26 bits per heavy atom. The summed E-state index contributed by atoms with van der Waals surface area (Å²) >= 11 is 0. The average molecular weight is 1150 g/mol. The number of aliphatic imine (C=N–C) groups is 1. The molecule has 7 atom stereocenters. The van der Waals surface area contributed by atoms with Crippen LogP contribution in [0.2, 0.25) is 0 Å². The van der Waals surface area contributed by atoms with Crippen LogP contribution in [0.3, 0.4) is 0 Å². The average Bonchev–Trinajstić information content (AvgIpc) is 3.89. The summed E-state index contributed by atoms with van der Waals surface area (Å²) in [6.07, 6.45) is 2.98. The molecule has 1 aromatic rings. The van der Waals surface area contributed by atoms with E-state index in [9.17, 15) is 78.6 Å². The summed E-state index contributed by atoms with van der Waals surface area (Å²) in [5.74, 6) is -10.4. The monoisotopic (exact) mass is 1150 g/mol. The van der Waals surface area contributed by atoms with E-state index in [-0.39, 0.29) is 95.5 Å². The van der Waals surface area contributed by atoms with Gasteiger partial charge in [0.05, 0.1) is 38.8 Å². The van der Waals surface area contributed by atoms with Crippen molar-refractivity contribution < 1.29 is 78.6 Å². The van der Waals surface area contributed by atoms with Gasteiger partial charge in [-0.2, -0.15) is 0 Å². The van der Waals surface area contributed by atoms with Gasteiger partial charge in [-0.05, 0) is 81.0 Å². The predicted octanol–water partition coefficient (Wildman–Crippen LogP) is -2.57. The SMILES string of the molecule is CC[C@H](C)[C@H](NC(=O)[C@H](Cc1ccc(O)cc1)NC(=O)[C@@H]1CCCN1C(=O)[C@H](CCCCN)NC[C@H](CCCN=C(N)N)NC(=O)CN(CCN(CCN(CC(=O)O)CC(=O)O)CC(=O)O)CC(=O)O)C(=O)N[C@@H](CC(C)C)C(=O)O. The molecule has 1 aliphatic heterocycles. The van der Waals surface area contributed by atoms with E-state index in [0.717, 1.165) is 4.90 Å². The summed E-state index contributed by atoms with van der Waals surface area (Å²) in [5, 5.41) is 71.9. The zero-order valence-electron chi connectivity index (χ0n) is 46.9. The molecule has 1 aliphatic rings. The van der Waals surface area contributed by atoms with E-state index in [1.807, 2.05) is 13.8 Å². The Balaban J connectivity index is 2.40. The molecular weight excluding hydrogens is 1060 g/mol. The molecule has 5 amide bonds. The van der Waals surface area contributed by atoms with Crippen LogP contribution in [0.1, 0.15) is 91.0 Å². The van der Waals surface area contributed by atoms with Crippen LogP contribution in [0.15, 0.2) is 29.3 Å². The molecule has 1 heterocycles. The van der Waals surface area contributed by atoms with Crippen molar-refractivity contribution in [1.82, 2.24) is 46.2 Å². The summed E-state index contributed by atoms with van der Waals surface area (Å²) in [4.78, 5) is 139. The van der Waals surface area contributed by atoms with Gasteiger partial charge in [0.1, 0.15) is 29.9 Å². The van der Waals surface area contributed by atoms with Gasteiger partial charge >= 0.3 is 29.8 Å². The van der Waals surface area contributed by atoms with Crippen molar-refractivity contribution in [2.24, 2.45) is 34.0 Å². The number of benzene rings is 1. The topological polar surface area (TPSA) is 456 Å². The number of phenols is 1. The van der Waals surface area contributed by atoms with E-state index in [2.05, 4.69) is 31.6 Å². The van der Waals surface area contributed by atoms with Crippen molar-refractivity contribution in [1.29, 1.82) is 0 Å². The summed E-state index contributed by atoms with van der Waals surface area (Å²) in [6.45, 7) is 4.33. The Kier molecular flexibility index (Phi) is 31.9. The number of carbonyl (C=O) groups excluding carboxylic acids is 5. The number of nitrogens with one attached hydrogen (secondary N) is 5. The number of hydrogen-bond donors (Lipinski definition) is 14. The second-order valence-electron chi connectivity index (χ2n) is 20.8. The van der Waals surface area contributed by atoms with Gasteiger partial charge < -0.3 is 79.3 Å². The highest BCUT2D eigenvalue weighted by Gasteiger charge is 2.40. The Morgan fingerprint density at radius 3 is 1.79 bits per heavy atom. The fraction of sp³-hybridized carbons (Fsp3) is 0.673. The molecule has 0 aliphatic carbocycles. The molecule has 1 aromatic carbocycles. The molecule has 1 fully saturated rings. The standard InChI is InChI=1S/C52H87N13O16/c1-5-33(4)46(49(78)60-39(51(80)81)24-32(2)3)61-47(76)38(25-34-13-15-36(66)16-14-34)59-48(77)40-12-9-19-65(40)50(79)37(11-6-7-17-53)57-26-35(10-8-18-56-52(54)55)58-41(67)27-63(29-43(70)71)22-20-62(28-42(68)69)21-23-64(30-44(72)73)31-45(74)75/h13-16,32-33,35,37-40,46,57,66H,5-12,17-31,53H2,1-4H3,(H,58,67)(H,59,77)(H,60,78)(H,61,76)(H,68,69)(H,70,71)(H,72,73)(H,74,75)(H,80,81)(H4,54,55,56)/t33-,35-,37-,38-,39-,40-,46-/m0/s1. The molecule has 29 nitrogen and oxygen atoms in total. The molecule has 29 heteroatoms. The number of likely N-dealkylation sites (tertiary alicyclic amines) is 1. The molecule has 0 aromatic heterocycles. The molecule has 81 heavy (non-hydrogen) atoms. The number of nitrogens with two attached hydrogens (primary N) is 3. The van der Waals surface area contributed by atoms with Crippen LogP contribution in [0.5, 0.6) is 5.75 Å². The van der Waals surface area contributed by atoms with Gasteiger partial charge in [0.25, 0.3) is 0 Å². The minimum Gasteiger partial charge on any atom is -0.508 e. The van der Waals surface area contributed by atoms with Gasteiger partial charge in [-0.1, -0.05) is 52.7 Å². The maximum absolute atomic E-state index is 14.7. The minimum absolute atomic E-state index is 0.0176. The van der Waals surface area contributed by atoms with Gasteiger partial charge in [0, 0.05) is 58.3 Å². The smallest absolute Gasteiger partial charge is 0.326 e. The van der Waals surface area contributed by atoms with Gasteiger partial charge in [-0.3, -0.25) is 62.8 Å².